The number of aliphatic hydroxyl groups is 1. The van der Waals surface area contributed by atoms with E-state index in [1.54, 1.807) is 4.57 Å². The zero-order valence-electron chi connectivity index (χ0n) is 25.0. The minimum Gasteiger partial charge on any atom is -0.388 e. The van der Waals surface area contributed by atoms with E-state index >= 15 is 0 Å². The van der Waals surface area contributed by atoms with Crippen molar-refractivity contribution in [3.8, 4) is 0 Å². The lowest BCUT2D eigenvalue weighted by molar-refractivity contribution is -0.177. The van der Waals surface area contributed by atoms with Crippen LogP contribution in [0.5, 0.6) is 0 Å². The number of fused-ring (bicyclic) bond motifs is 1. The van der Waals surface area contributed by atoms with Crippen LogP contribution >= 0.6 is 11.6 Å². The minimum atomic E-state index is -0.988. The lowest BCUT2D eigenvalue weighted by Gasteiger charge is -2.32. The summed E-state index contributed by atoms with van der Waals surface area (Å²) in [6.45, 7) is 3.17. The summed E-state index contributed by atoms with van der Waals surface area (Å²) in [7, 11) is 0. The molecule has 9 nitrogen and oxygen atoms in total. The molecule has 10 heteroatoms. The minimum absolute atomic E-state index is 0.0332. The molecule has 3 N–H and O–H groups in total. The summed E-state index contributed by atoms with van der Waals surface area (Å²) < 4.78 is 27.9. The second-order valence-corrected chi connectivity index (χ2v) is 11.6. The van der Waals surface area contributed by atoms with Crippen LogP contribution in [0.2, 0.25) is 5.15 Å². The summed E-state index contributed by atoms with van der Waals surface area (Å²) in [5.74, 6) is 0.0332. The second kappa shape index (κ2) is 14.5. The number of aliphatic hydroxyl groups excluding tert-OH is 1. The van der Waals surface area contributed by atoms with Crippen LogP contribution in [0.3, 0.4) is 0 Å². The average molecular weight is 629 g/mol. The Labute approximate surface area is 267 Å². The molecule has 0 unspecified atom stereocenters. The van der Waals surface area contributed by atoms with Crippen LogP contribution < -0.4 is 5.73 Å². The van der Waals surface area contributed by atoms with Crippen LogP contribution in [0, 0.1) is 6.92 Å². The molecule has 0 aliphatic carbocycles. The predicted octanol–water partition coefficient (Wildman–Crippen LogP) is 6.01. The Kier molecular flexibility index (Phi) is 10.0. The largest absolute Gasteiger partial charge is 0.388 e. The van der Waals surface area contributed by atoms with Gasteiger partial charge < -0.3 is 34.4 Å². The van der Waals surface area contributed by atoms with E-state index in [4.69, 9.17) is 36.3 Å². The number of nitrogens with zero attached hydrogens (tertiary/aromatic N) is 3. The van der Waals surface area contributed by atoms with Gasteiger partial charge in [-0.2, -0.15) is 4.98 Å². The molecule has 0 spiro atoms. The number of ether oxygens (including phenoxy) is 4. The van der Waals surface area contributed by atoms with E-state index in [0.717, 1.165) is 22.3 Å². The number of halogens is 1. The molecule has 6 rings (SSSR count). The van der Waals surface area contributed by atoms with E-state index in [0.29, 0.717) is 30.9 Å². The van der Waals surface area contributed by atoms with Crippen LogP contribution in [0.1, 0.15) is 34.9 Å². The number of nitrogen functional groups attached to an aromatic ring is 1. The molecule has 1 aliphatic heterocycles. The monoisotopic (exact) mass is 628 g/mol. The van der Waals surface area contributed by atoms with E-state index < -0.39 is 30.6 Å². The fraction of sp³-hybridized carbons (Fsp3) is 0.314. The molecular weight excluding hydrogens is 592 g/mol. The van der Waals surface area contributed by atoms with Crippen molar-refractivity contribution in [3.05, 3.63) is 125 Å². The van der Waals surface area contributed by atoms with Crippen LogP contribution in [0.15, 0.2) is 97.2 Å². The zero-order valence-corrected chi connectivity index (χ0v) is 25.8. The first-order valence-electron chi connectivity index (χ1n) is 15.0. The SMILES string of the molecule is Cc1cn([C@@H]2O[C@H](COCc3ccccc3)[C@@H](OCc3ccccc3)[C@H](OCc3ccccc3)C[C@H]2O)c2nc(N)nc(Cl)c12. The Hall–Kier alpha value is -3.83. The van der Waals surface area contributed by atoms with Gasteiger partial charge in [0, 0.05) is 12.6 Å². The third-order valence-electron chi connectivity index (χ3n) is 7.94. The Bertz CT molecular complexity index is 1670. The third kappa shape index (κ3) is 7.53. The highest BCUT2D eigenvalue weighted by Gasteiger charge is 2.43. The summed E-state index contributed by atoms with van der Waals surface area (Å²) in [5, 5.41) is 12.7. The molecular formula is C35H37ClN4O5. The summed E-state index contributed by atoms with van der Waals surface area (Å²) in [5.41, 5.74) is 10.4. The normalized spacial score (nSPS) is 22.0. The molecule has 0 radical (unpaired) electrons. The van der Waals surface area contributed by atoms with E-state index in [1.165, 1.54) is 0 Å². The predicted molar refractivity (Wildman–Crippen MR) is 172 cm³/mol. The number of hydrogen-bond acceptors (Lipinski definition) is 8. The molecule has 1 fully saturated rings. The fourth-order valence-corrected chi connectivity index (χ4v) is 6.06. The molecule has 0 amide bonds. The topological polar surface area (TPSA) is 114 Å². The summed E-state index contributed by atoms with van der Waals surface area (Å²) in [6, 6.07) is 29.8. The number of hydrogen-bond donors (Lipinski definition) is 2. The molecule has 1 aliphatic rings. The van der Waals surface area contributed by atoms with Gasteiger partial charge in [0.05, 0.1) is 37.9 Å². The maximum atomic E-state index is 11.8. The molecule has 234 valence electrons. The van der Waals surface area contributed by atoms with Crippen molar-refractivity contribution in [3.63, 3.8) is 0 Å². The highest BCUT2D eigenvalue weighted by molar-refractivity contribution is 6.34. The van der Waals surface area contributed by atoms with Crippen molar-refractivity contribution in [1.29, 1.82) is 0 Å². The zero-order chi connectivity index (χ0) is 31.2. The fourth-order valence-electron chi connectivity index (χ4n) is 5.74. The van der Waals surface area contributed by atoms with Gasteiger partial charge in [0.2, 0.25) is 5.95 Å². The molecule has 1 saturated heterocycles. The smallest absolute Gasteiger partial charge is 0.223 e. The second-order valence-electron chi connectivity index (χ2n) is 11.3. The summed E-state index contributed by atoms with van der Waals surface area (Å²) >= 11 is 6.48. The summed E-state index contributed by atoms with van der Waals surface area (Å²) in [4.78, 5) is 8.60. The number of benzene rings is 3. The highest BCUT2D eigenvalue weighted by atomic mass is 35.5. The van der Waals surface area contributed by atoms with Crippen molar-refractivity contribution in [1.82, 2.24) is 14.5 Å². The van der Waals surface area contributed by atoms with Crippen molar-refractivity contribution >= 4 is 28.6 Å². The quantitative estimate of drug-likeness (QED) is 0.171. The lowest BCUT2D eigenvalue weighted by Crippen LogP contribution is -2.43. The van der Waals surface area contributed by atoms with Gasteiger partial charge >= 0.3 is 0 Å². The number of anilines is 1. The van der Waals surface area contributed by atoms with E-state index in [-0.39, 0.29) is 24.1 Å². The van der Waals surface area contributed by atoms with Crippen molar-refractivity contribution in [2.24, 2.45) is 0 Å². The first-order valence-corrected chi connectivity index (χ1v) is 15.4. The molecule has 3 aromatic carbocycles. The Balaban J connectivity index is 1.35. The van der Waals surface area contributed by atoms with Gasteiger partial charge in [0.15, 0.2) is 6.23 Å². The van der Waals surface area contributed by atoms with Gasteiger partial charge in [-0.1, -0.05) is 103 Å². The first kappa shape index (κ1) is 31.2. The molecule has 5 atom stereocenters. The molecule has 0 saturated carbocycles. The number of aromatic nitrogens is 3. The van der Waals surface area contributed by atoms with Gasteiger partial charge in [-0.25, -0.2) is 4.98 Å². The van der Waals surface area contributed by atoms with E-state index in [9.17, 15) is 5.11 Å². The van der Waals surface area contributed by atoms with Crippen LogP contribution in [0.25, 0.3) is 11.0 Å². The molecule has 3 heterocycles. The summed E-state index contributed by atoms with van der Waals surface area (Å²) in [6.07, 6.45) is -1.47. The van der Waals surface area contributed by atoms with Gasteiger partial charge in [-0.05, 0) is 29.2 Å². The van der Waals surface area contributed by atoms with Crippen LogP contribution in [-0.4, -0.2) is 50.7 Å². The van der Waals surface area contributed by atoms with Crippen LogP contribution in [-0.2, 0) is 38.8 Å². The van der Waals surface area contributed by atoms with Gasteiger partial charge in [-0.3, -0.25) is 0 Å². The van der Waals surface area contributed by atoms with Crippen LogP contribution in [0.4, 0.5) is 5.95 Å². The Morgan fingerprint density at radius 2 is 1.44 bits per heavy atom. The van der Waals surface area contributed by atoms with Gasteiger partial charge in [0.1, 0.15) is 29.1 Å². The molecule has 2 aromatic heterocycles. The Morgan fingerprint density at radius 1 is 0.867 bits per heavy atom. The van der Waals surface area contributed by atoms with Gasteiger partial charge in [0.25, 0.3) is 0 Å². The molecule has 45 heavy (non-hydrogen) atoms. The van der Waals surface area contributed by atoms with Gasteiger partial charge in [-0.15, -0.1) is 0 Å². The average Bonchev–Trinajstić information content (AvgIpc) is 3.31. The molecule has 5 aromatic rings. The maximum Gasteiger partial charge on any atom is 0.223 e. The first-order chi connectivity index (χ1) is 22.0. The number of rotatable bonds is 11. The van der Waals surface area contributed by atoms with E-state index in [1.807, 2.05) is 104 Å². The lowest BCUT2D eigenvalue weighted by atomic mass is 10.0. The highest BCUT2D eigenvalue weighted by Crippen LogP contribution is 2.36. The maximum absolute atomic E-state index is 11.8. The van der Waals surface area contributed by atoms with E-state index in [2.05, 4.69) is 9.97 Å². The number of nitrogens with two attached hydrogens (primary N) is 1. The van der Waals surface area contributed by atoms with Crippen molar-refractivity contribution in [2.45, 2.75) is 63.8 Å². The van der Waals surface area contributed by atoms with Crippen molar-refractivity contribution < 1.29 is 24.1 Å². The standard InChI is InChI=1S/C35H37ClN4O5/c1-23-18-40(33-30(23)32(36)38-35(37)39-33)34-27(41)17-28(43-20-25-13-7-3-8-14-25)31(44-21-26-15-9-4-10-16-26)29(45-34)22-42-19-24-11-5-2-6-12-24/h2-16,18,27-29,31,34,41H,17,19-22H2,1H3,(H2,37,38,39)/t27-,28-,29-,31+,34-/m1/s1. The number of aryl methyl sites for hydroxylation is 1. The third-order valence-corrected chi connectivity index (χ3v) is 8.22. The Morgan fingerprint density at radius 3 is 2.07 bits per heavy atom. The van der Waals surface area contributed by atoms with Crippen molar-refractivity contribution in [2.75, 3.05) is 12.3 Å². The molecule has 0 bridgehead atoms.